The number of ether oxygens (including phenoxy) is 1. The Morgan fingerprint density at radius 3 is 2.03 bits per heavy atom. The van der Waals surface area contributed by atoms with Crippen molar-refractivity contribution in [1.82, 2.24) is 4.57 Å². The predicted molar refractivity (Wildman–Crippen MR) is 119 cm³/mol. The Bertz CT molecular complexity index is 1240. The van der Waals surface area contributed by atoms with Crippen molar-refractivity contribution in [2.75, 3.05) is 6.61 Å². The van der Waals surface area contributed by atoms with Crippen LogP contribution in [0.5, 0.6) is 0 Å². The summed E-state index contributed by atoms with van der Waals surface area (Å²) in [6, 6.07) is 16.9. The minimum absolute atomic E-state index is 0.164. The van der Waals surface area contributed by atoms with Crippen molar-refractivity contribution in [3.05, 3.63) is 80.6 Å². The molecule has 3 N–H and O–H groups in total. The molecule has 4 atom stereocenters. The van der Waals surface area contributed by atoms with E-state index in [0.717, 1.165) is 4.57 Å². The van der Waals surface area contributed by atoms with Gasteiger partial charge in [0, 0.05) is 15.6 Å². The number of aliphatic hydroxyl groups excluding tert-OH is 3. The Balaban J connectivity index is 2.00. The molecule has 1 saturated heterocycles. The normalized spacial score (nSPS) is 22.6. The summed E-state index contributed by atoms with van der Waals surface area (Å²) in [5.41, 5.74) is 1.02. The SMILES string of the molecule is N#Cc1c(-c2ccc(Cl)cc2)cc(-c2ccc(Cl)cc2)n([C@@H]2O[C@H](CO)[C@@H](O)[C@H]2O)c1=O. The van der Waals surface area contributed by atoms with Crippen molar-refractivity contribution < 1.29 is 20.1 Å². The molecule has 164 valence electrons. The van der Waals surface area contributed by atoms with Crippen molar-refractivity contribution in [3.8, 4) is 28.5 Å². The van der Waals surface area contributed by atoms with E-state index < -0.39 is 36.7 Å². The van der Waals surface area contributed by atoms with Crippen LogP contribution in [0, 0.1) is 11.3 Å². The van der Waals surface area contributed by atoms with Crippen LogP contribution < -0.4 is 5.56 Å². The minimum Gasteiger partial charge on any atom is -0.394 e. The number of benzene rings is 2. The van der Waals surface area contributed by atoms with E-state index in [1.54, 1.807) is 54.6 Å². The maximum Gasteiger partial charge on any atom is 0.271 e. The molecule has 0 aliphatic carbocycles. The highest BCUT2D eigenvalue weighted by atomic mass is 35.5. The quantitative estimate of drug-likeness (QED) is 0.537. The third-order valence-corrected chi connectivity index (χ3v) is 5.93. The monoisotopic (exact) mass is 472 g/mol. The summed E-state index contributed by atoms with van der Waals surface area (Å²) in [5, 5.41) is 41.0. The summed E-state index contributed by atoms with van der Waals surface area (Å²) in [7, 11) is 0. The highest BCUT2D eigenvalue weighted by Crippen LogP contribution is 2.35. The highest BCUT2D eigenvalue weighted by molar-refractivity contribution is 6.30. The van der Waals surface area contributed by atoms with Crippen LogP contribution in [-0.4, -0.2) is 44.8 Å². The van der Waals surface area contributed by atoms with Gasteiger partial charge >= 0.3 is 0 Å². The first-order valence-corrected chi connectivity index (χ1v) is 10.4. The molecule has 0 saturated carbocycles. The molecule has 0 spiro atoms. The molecule has 0 bridgehead atoms. The third kappa shape index (κ3) is 3.93. The van der Waals surface area contributed by atoms with E-state index in [9.17, 15) is 25.4 Å². The fourth-order valence-electron chi connectivity index (χ4n) is 3.78. The molecule has 1 aliphatic rings. The van der Waals surface area contributed by atoms with Crippen LogP contribution in [0.25, 0.3) is 22.4 Å². The zero-order chi connectivity index (χ0) is 23.0. The van der Waals surface area contributed by atoms with Gasteiger partial charge < -0.3 is 20.1 Å². The van der Waals surface area contributed by atoms with E-state index in [0.29, 0.717) is 32.4 Å². The number of hydrogen-bond donors (Lipinski definition) is 3. The van der Waals surface area contributed by atoms with Crippen LogP contribution in [0.4, 0.5) is 0 Å². The van der Waals surface area contributed by atoms with Gasteiger partial charge in [0.1, 0.15) is 29.9 Å². The molecule has 2 aromatic carbocycles. The summed E-state index contributed by atoms with van der Waals surface area (Å²) in [6.07, 6.45) is -5.30. The molecule has 0 unspecified atom stereocenters. The molecule has 2 heterocycles. The van der Waals surface area contributed by atoms with E-state index in [2.05, 4.69) is 0 Å². The minimum atomic E-state index is -1.50. The van der Waals surface area contributed by atoms with Gasteiger partial charge in [-0.2, -0.15) is 5.26 Å². The van der Waals surface area contributed by atoms with Gasteiger partial charge in [-0.3, -0.25) is 9.36 Å². The summed E-state index contributed by atoms with van der Waals surface area (Å²) in [6.45, 7) is -0.548. The lowest BCUT2D eigenvalue weighted by atomic mass is 9.98. The zero-order valence-electron chi connectivity index (χ0n) is 16.5. The second-order valence-corrected chi connectivity index (χ2v) is 8.22. The van der Waals surface area contributed by atoms with Crippen molar-refractivity contribution in [1.29, 1.82) is 5.26 Å². The van der Waals surface area contributed by atoms with Crippen LogP contribution in [0.3, 0.4) is 0 Å². The van der Waals surface area contributed by atoms with E-state index in [4.69, 9.17) is 27.9 Å². The zero-order valence-corrected chi connectivity index (χ0v) is 18.0. The Kier molecular flexibility index (Phi) is 6.35. The van der Waals surface area contributed by atoms with Gasteiger partial charge in [-0.1, -0.05) is 47.5 Å². The number of hydrogen-bond acceptors (Lipinski definition) is 6. The van der Waals surface area contributed by atoms with Gasteiger partial charge in [0.15, 0.2) is 6.23 Å². The first-order valence-electron chi connectivity index (χ1n) is 9.69. The molecule has 0 radical (unpaired) electrons. The third-order valence-electron chi connectivity index (χ3n) is 5.42. The first kappa shape index (κ1) is 22.5. The second-order valence-electron chi connectivity index (χ2n) is 7.35. The molecule has 3 aromatic rings. The van der Waals surface area contributed by atoms with E-state index >= 15 is 0 Å². The number of nitriles is 1. The molecular weight excluding hydrogens is 455 g/mol. The summed E-state index contributed by atoms with van der Waals surface area (Å²) in [4.78, 5) is 13.5. The lowest BCUT2D eigenvalue weighted by Gasteiger charge is -2.23. The number of nitrogens with zero attached hydrogens (tertiary/aromatic N) is 2. The first-order chi connectivity index (χ1) is 15.3. The van der Waals surface area contributed by atoms with Gasteiger partial charge in [-0.05, 0) is 41.5 Å². The number of aliphatic hydroxyl groups is 3. The largest absolute Gasteiger partial charge is 0.394 e. The number of aromatic nitrogens is 1. The smallest absolute Gasteiger partial charge is 0.271 e. The molecular formula is C23H18Cl2N2O5. The fourth-order valence-corrected chi connectivity index (χ4v) is 4.03. The Hall–Kier alpha value is -2.70. The lowest BCUT2D eigenvalue weighted by Crippen LogP contribution is -2.36. The van der Waals surface area contributed by atoms with Crippen LogP contribution in [0.1, 0.15) is 11.8 Å². The van der Waals surface area contributed by atoms with Crippen molar-refractivity contribution in [2.45, 2.75) is 24.5 Å². The molecule has 4 rings (SSSR count). The Labute approximate surface area is 193 Å². The van der Waals surface area contributed by atoms with Crippen molar-refractivity contribution >= 4 is 23.2 Å². The predicted octanol–water partition coefficient (Wildman–Crippen LogP) is 2.97. The molecule has 1 fully saturated rings. The fraction of sp³-hybridized carbons (Fsp3) is 0.217. The standard InChI is InChI=1S/C23H18Cl2N2O5/c24-14-5-1-12(2-6-14)16-9-18(13-3-7-15(25)8-4-13)27(22(31)17(16)10-26)23-21(30)20(29)19(11-28)32-23/h1-9,19-21,23,28-30H,11H2/t19-,20-,21-,23-/m1/s1. The van der Waals surface area contributed by atoms with Crippen LogP contribution in [0.15, 0.2) is 59.4 Å². The van der Waals surface area contributed by atoms with Crippen molar-refractivity contribution in [3.63, 3.8) is 0 Å². The van der Waals surface area contributed by atoms with Gasteiger partial charge in [-0.25, -0.2) is 0 Å². The molecule has 1 aromatic heterocycles. The number of halogens is 2. The molecule has 1 aliphatic heterocycles. The number of pyridine rings is 1. The number of rotatable bonds is 4. The van der Waals surface area contributed by atoms with Gasteiger partial charge in [0.2, 0.25) is 0 Å². The molecule has 32 heavy (non-hydrogen) atoms. The Morgan fingerprint density at radius 2 is 1.53 bits per heavy atom. The van der Waals surface area contributed by atoms with E-state index in [-0.39, 0.29) is 5.56 Å². The summed E-state index contributed by atoms with van der Waals surface area (Å²) < 4.78 is 6.74. The van der Waals surface area contributed by atoms with Gasteiger partial charge in [-0.15, -0.1) is 0 Å². The molecule has 9 heteroatoms. The van der Waals surface area contributed by atoms with Gasteiger partial charge in [0.05, 0.1) is 12.3 Å². The van der Waals surface area contributed by atoms with E-state index in [1.165, 1.54) is 0 Å². The topological polar surface area (TPSA) is 116 Å². The average Bonchev–Trinajstić information content (AvgIpc) is 3.08. The summed E-state index contributed by atoms with van der Waals surface area (Å²) in [5.74, 6) is 0. The molecule has 0 amide bonds. The summed E-state index contributed by atoms with van der Waals surface area (Å²) >= 11 is 12.0. The maximum atomic E-state index is 13.5. The maximum absolute atomic E-state index is 13.5. The average molecular weight is 473 g/mol. The van der Waals surface area contributed by atoms with Crippen LogP contribution in [-0.2, 0) is 4.74 Å². The van der Waals surface area contributed by atoms with Crippen LogP contribution in [0.2, 0.25) is 10.0 Å². The van der Waals surface area contributed by atoms with Gasteiger partial charge in [0.25, 0.3) is 5.56 Å². The lowest BCUT2D eigenvalue weighted by molar-refractivity contribution is -0.0535. The highest BCUT2D eigenvalue weighted by Gasteiger charge is 2.44. The van der Waals surface area contributed by atoms with Crippen molar-refractivity contribution in [2.24, 2.45) is 0 Å². The second kappa shape index (κ2) is 9.04. The Morgan fingerprint density at radius 1 is 0.969 bits per heavy atom. The van der Waals surface area contributed by atoms with E-state index in [1.807, 2.05) is 6.07 Å². The van der Waals surface area contributed by atoms with Crippen LogP contribution >= 0.6 is 23.2 Å². The molecule has 7 nitrogen and oxygen atoms in total.